The maximum absolute atomic E-state index is 12.0. The fraction of sp³-hybridized carbons (Fsp3) is 0.500. The fourth-order valence-corrected chi connectivity index (χ4v) is 10.9. The molecule has 0 aliphatic heterocycles. The molecular formula is C48H60Br4O8. The first kappa shape index (κ1) is 48.2. The molecule has 12 heteroatoms. The van der Waals surface area contributed by atoms with Crippen molar-refractivity contribution in [1.82, 2.24) is 0 Å². The Balaban J connectivity index is 2.03. The van der Waals surface area contributed by atoms with Gasteiger partial charge in [0.1, 0.15) is 63.9 Å². The van der Waals surface area contributed by atoms with Gasteiger partial charge in [-0.3, -0.25) is 0 Å². The third-order valence-corrected chi connectivity index (χ3v) is 15.4. The summed E-state index contributed by atoms with van der Waals surface area (Å²) >= 11 is 14.0. The van der Waals surface area contributed by atoms with Crippen molar-refractivity contribution in [3.63, 3.8) is 0 Å². The van der Waals surface area contributed by atoms with Crippen LogP contribution in [0.3, 0.4) is 0 Å². The molecule has 4 aromatic rings. The zero-order valence-corrected chi connectivity index (χ0v) is 41.6. The van der Waals surface area contributed by atoms with Crippen molar-refractivity contribution in [3.05, 3.63) is 84.7 Å². The van der Waals surface area contributed by atoms with Gasteiger partial charge in [0.25, 0.3) is 0 Å². The summed E-state index contributed by atoms with van der Waals surface area (Å²) in [7, 11) is 0. The predicted molar refractivity (Wildman–Crippen MR) is 254 cm³/mol. The molecule has 8 N–H and O–H groups in total. The highest BCUT2D eigenvalue weighted by molar-refractivity contribution is 9.11. The number of hydrogen-bond acceptors (Lipinski definition) is 8. The van der Waals surface area contributed by atoms with E-state index < -0.39 is 0 Å². The number of benzene rings is 4. The minimum atomic E-state index is -0.156. The van der Waals surface area contributed by atoms with Crippen LogP contribution in [0.5, 0.6) is 46.0 Å². The van der Waals surface area contributed by atoms with Crippen LogP contribution in [-0.2, 0) is 51.4 Å². The summed E-state index contributed by atoms with van der Waals surface area (Å²) in [4.78, 5) is 0. The molecule has 1 aliphatic rings. The molecule has 4 aromatic carbocycles. The van der Waals surface area contributed by atoms with Crippen LogP contribution in [0.4, 0.5) is 0 Å². The molecule has 0 spiro atoms. The molecular weight excluding hydrogens is 1020 g/mol. The second-order valence-corrected chi connectivity index (χ2v) is 19.5. The van der Waals surface area contributed by atoms with Crippen LogP contribution in [0.15, 0.2) is 17.9 Å². The lowest BCUT2D eigenvalue weighted by atomic mass is 9.80. The van der Waals surface area contributed by atoms with Gasteiger partial charge in [-0.1, -0.05) is 79.1 Å². The van der Waals surface area contributed by atoms with Gasteiger partial charge in [-0.05, 0) is 137 Å². The van der Waals surface area contributed by atoms with E-state index >= 15 is 0 Å². The molecule has 8 bridgehead atoms. The summed E-state index contributed by atoms with van der Waals surface area (Å²) in [5.74, 6) is -1.25. The Morgan fingerprint density at radius 3 is 0.567 bits per heavy atom. The summed E-state index contributed by atoms with van der Waals surface area (Å²) in [6.45, 7) is 8.42. The van der Waals surface area contributed by atoms with Crippen molar-refractivity contribution in [1.29, 1.82) is 0 Å². The minimum absolute atomic E-state index is 0.0536. The van der Waals surface area contributed by atoms with Gasteiger partial charge < -0.3 is 40.9 Å². The van der Waals surface area contributed by atoms with Gasteiger partial charge in [0.2, 0.25) is 0 Å². The van der Waals surface area contributed by atoms with Crippen molar-refractivity contribution in [2.24, 2.45) is 0 Å². The van der Waals surface area contributed by atoms with Crippen LogP contribution >= 0.6 is 63.7 Å². The van der Waals surface area contributed by atoms with E-state index in [1.807, 2.05) is 0 Å². The van der Waals surface area contributed by atoms with E-state index in [-0.39, 0.29) is 89.6 Å². The maximum Gasteiger partial charge on any atom is 0.137 e. The first-order valence-corrected chi connectivity index (χ1v) is 24.8. The normalized spacial score (nSPS) is 12.7. The van der Waals surface area contributed by atoms with E-state index in [1.165, 1.54) is 0 Å². The topological polar surface area (TPSA) is 162 Å². The quantitative estimate of drug-likeness (QED) is 0.0453. The Kier molecular flexibility index (Phi) is 17.3. The highest BCUT2D eigenvalue weighted by atomic mass is 79.9. The molecule has 0 fully saturated rings. The standard InChI is InChI=1S/C48H60Br4O8/c1-5-9-13-17-25-29-21-31-26(18-14-10-6-2)33(45(57)38(50)43(31)55)23-35-28(20-16-12-8-4)36(48(60)40(52)47(35)59)24-34-27(19-15-11-7-3)32(44(56)39(51)46(34)58)22-30(25)42(54)37(49)41(29)53/h53-60H,5-24H2,1-4H3. The molecule has 0 saturated carbocycles. The van der Waals surface area contributed by atoms with Crippen LogP contribution < -0.4 is 0 Å². The highest BCUT2D eigenvalue weighted by Crippen LogP contribution is 2.53. The Labute approximate surface area is 388 Å². The third-order valence-electron chi connectivity index (χ3n) is 12.4. The van der Waals surface area contributed by atoms with Crippen molar-refractivity contribution in [2.75, 3.05) is 0 Å². The number of halogens is 4. The van der Waals surface area contributed by atoms with Crippen LogP contribution in [-0.4, -0.2) is 40.9 Å². The number of unbranched alkanes of at least 4 members (excludes halogenated alkanes) is 8. The molecule has 60 heavy (non-hydrogen) atoms. The van der Waals surface area contributed by atoms with Crippen molar-refractivity contribution in [2.45, 2.75) is 156 Å². The van der Waals surface area contributed by atoms with Crippen molar-refractivity contribution >= 4 is 63.7 Å². The highest BCUT2D eigenvalue weighted by Gasteiger charge is 2.33. The molecule has 0 radical (unpaired) electrons. The first-order chi connectivity index (χ1) is 28.7. The maximum atomic E-state index is 12.0. The smallest absolute Gasteiger partial charge is 0.137 e. The van der Waals surface area contributed by atoms with Crippen LogP contribution in [0.2, 0.25) is 0 Å². The van der Waals surface area contributed by atoms with E-state index in [0.717, 1.165) is 77.0 Å². The lowest BCUT2D eigenvalue weighted by molar-refractivity contribution is 0.427. The lowest BCUT2D eigenvalue weighted by Gasteiger charge is -2.27. The monoisotopic (exact) mass is 1080 g/mol. The van der Waals surface area contributed by atoms with E-state index in [9.17, 15) is 40.9 Å². The Morgan fingerprint density at radius 1 is 0.283 bits per heavy atom. The number of phenols is 8. The largest absolute Gasteiger partial charge is 0.506 e. The average molecular weight is 1080 g/mol. The summed E-state index contributed by atoms with van der Waals surface area (Å²) in [6, 6.07) is 0. The van der Waals surface area contributed by atoms with Gasteiger partial charge in [-0.25, -0.2) is 0 Å². The van der Waals surface area contributed by atoms with E-state index in [0.29, 0.717) is 92.4 Å². The molecule has 0 aromatic heterocycles. The second-order valence-electron chi connectivity index (χ2n) is 16.3. The van der Waals surface area contributed by atoms with Crippen molar-refractivity contribution in [3.8, 4) is 46.0 Å². The Morgan fingerprint density at radius 2 is 0.433 bits per heavy atom. The average Bonchev–Trinajstić information content (AvgIpc) is 3.23. The van der Waals surface area contributed by atoms with Gasteiger partial charge in [0.05, 0.1) is 0 Å². The van der Waals surface area contributed by atoms with E-state index in [1.54, 1.807) is 0 Å². The van der Waals surface area contributed by atoms with Crippen LogP contribution in [0, 0.1) is 0 Å². The summed E-state index contributed by atoms with van der Waals surface area (Å²) in [6.07, 6.45) is 12.5. The van der Waals surface area contributed by atoms with Gasteiger partial charge in [-0.2, -0.15) is 0 Å². The zero-order valence-electron chi connectivity index (χ0n) is 35.2. The van der Waals surface area contributed by atoms with Gasteiger partial charge in [0.15, 0.2) is 0 Å². The molecule has 1 aliphatic carbocycles. The summed E-state index contributed by atoms with van der Waals surface area (Å²) in [5, 5.41) is 96.1. The number of hydrogen-bond donors (Lipinski definition) is 8. The Hall–Kier alpha value is -2.80. The summed E-state index contributed by atoms with van der Waals surface area (Å²) < 4.78 is 0.368. The van der Waals surface area contributed by atoms with Crippen molar-refractivity contribution < 1.29 is 40.9 Å². The molecule has 5 rings (SSSR count). The number of aromatic hydroxyl groups is 8. The molecule has 0 atom stereocenters. The molecule has 0 saturated heterocycles. The molecule has 328 valence electrons. The number of fused-ring (bicyclic) bond motifs is 8. The van der Waals surface area contributed by atoms with E-state index in [4.69, 9.17) is 0 Å². The number of phenolic OH excluding ortho intramolecular Hbond substituents is 8. The Bertz CT molecular complexity index is 1790. The second kappa shape index (κ2) is 21.5. The van der Waals surface area contributed by atoms with Gasteiger partial charge in [-0.15, -0.1) is 0 Å². The molecule has 0 unspecified atom stereocenters. The van der Waals surface area contributed by atoms with Crippen LogP contribution in [0.1, 0.15) is 172 Å². The lowest BCUT2D eigenvalue weighted by Crippen LogP contribution is -2.12. The fourth-order valence-electron chi connectivity index (χ4n) is 9.02. The molecule has 0 amide bonds. The zero-order chi connectivity index (χ0) is 44.0. The third kappa shape index (κ3) is 9.71. The van der Waals surface area contributed by atoms with E-state index in [2.05, 4.69) is 91.4 Å². The van der Waals surface area contributed by atoms with Crippen LogP contribution in [0.25, 0.3) is 0 Å². The first-order valence-electron chi connectivity index (χ1n) is 21.6. The summed E-state index contributed by atoms with van der Waals surface area (Å²) in [5.41, 5.74) is 6.88. The van der Waals surface area contributed by atoms with Gasteiger partial charge in [0, 0.05) is 70.2 Å². The minimum Gasteiger partial charge on any atom is -0.506 e. The van der Waals surface area contributed by atoms with Gasteiger partial charge >= 0.3 is 0 Å². The number of rotatable bonds is 16. The molecule has 0 heterocycles. The molecule has 8 nitrogen and oxygen atoms in total. The predicted octanol–water partition coefficient (Wildman–Crippen LogP) is 14.0. The SMILES string of the molecule is CCCCCc1c2c(O)c(Br)c(O)c1Cc1c(O)c(Br)c(O)c(c1CCCCC)Cc1c(O)c(Br)c(O)c(c1CCCCC)Cc1c(O)c(Br)c(O)c(c1CCCCC)C2.